The molecular formula is C19H16Br2N4O2. The minimum Gasteiger partial charge on any atom is -0.497 e. The van der Waals surface area contributed by atoms with Gasteiger partial charge in [-0.15, -0.1) is 0 Å². The fourth-order valence-corrected chi connectivity index (χ4v) is 3.11. The van der Waals surface area contributed by atoms with Gasteiger partial charge < -0.3 is 4.74 Å². The van der Waals surface area contributed by atoms with E-state index in [1.165, 1.54) is 0 Å². The number of aromatic nitrogens is 2. The van der Waals surface area contributed by atoms with E-state index >= 15 is 0 Å². The third-order valence-corrected chi connectivity index (χ3v) is 4.77. The third kappa shape index (κ3) is 5.27. The molecule has 8 heteroatoms. The minimum atomic E-state index is -0.393. The molecule has 0 aliphatic rings. The van der Waals surface area contributed by atoms with Crippen molar-refractivity contribution in [2.75, 3.05) is 7.11 Å². The van der Waals surface area contributed by atoms with Crippen molar-refractivity contribution >= 4 is 44.0 Å². The van der Waals surface area contributed by atoms with Crippen molar-refractivity contribution in [3.63, 3.8) is 0 Å². The number of amides is 1. The number of carbonyl (C=O) groups is 1. The van der Waals surface area contributed by atoms with Crippen LogP contribution in [0.15, 0.2) is 68.8 Å². The van der Waals surface area contributed by atoms with Crippen LogP contribution in [-0.2, 0) is 6.54 Å². The molecule has 1 amide bonds. The van der Waals surface area contributed by atoms with E-state index in [1.54, 1.807) is 24.2 Å². The van der Waals surface area contributed by atoms with Gasteiger partial charge in [-0.25, -0.2) is 5.43 Å². The van der Waals surface area contributed by atoms with E-state index in [1.807, 2.05) is 48.5 Å². The number of nitrogens with zero attached hydrogens (tertiary/aromatic N) is 3. The Bertz CT molecular complexity index is 968. The van der Waals surface area contributed by atoms with Gasteiger partial charge in [-0.1, -0.05) is 40.2 Å². The maximum absolute atomic E-state index is 12.3. The summed E-state index contributed by atoms with van der Waals surface area (Å²) in [6.45, 7) is 0.562. The molecule has 0 saturated heterocycles. The molecule has 0 unspecified atom stereocenters. The average Bonchev–Trinajstić information content (AvgIpc) is 3.04. The van der Waals surface area contributed by atoms with E-state index in [2.05, 4.69) is 47.5 Å². The van der Waals surface area contributed by atoms with Crippen LogP contribution in [0.25, 0.3) is 0 Å². The van der Waals surface area contributed by atoms with Crippen molar-refractivity contribution in [3.05, 3.63) is 80.5 Å². The summed E-state index contributed by atoms with van der Waals surface area (Å²) in [4.78, 5) is 12.3. The van der Waals surface area contributed by atoms with E-state index in [0.717, 1.165) is 21.3 Å². The molecule has 0 bridgehead atoms. The van der Waals surface area contributed by atoms with Crippen molar-refractivity contribution in [1.82, 2.24) is 15.2 Å². The summed E-state index contributed by atoms with van der Waals surface area (Å²) >= 11 is 6.79. The van der Waals surface area contributed by atoms with E-state index in [-0.39, 0.29) is 5.69 Å². The maximum atomic E-state index is 12.3. The van der Waals surface area contributed by atoms with E-state index in [9.17, 15) is 4.79 Å². The van der Waals surface area contributed by atoms with E-state index in [4.69, 9.17) is 4.74 Å². The standard InChI is InChI=1S/C19H16Br2N4O2/c1-27-16-4-2-3-14(9-16)10-22-23-19(26)18-17(21)12-25(24-18)11-13-5-7-15(20)8-6-13/h2-10,12H,11H2,1H3,(H,23,26)/b22-10-. The highest BCUT2D eigenvalue weighted by Crippen LogP contribution is 2.17. The maximum Gasteiger partial charge on any atom is 0.293 e. The van der Waals surface area contributed by atoms with Crippen LogP contribution in [0.1, 0.15) is 21.6 Å². The van der Waals surface area contributed by atoms with Crippen molar-refractivity contribution in [2.45, 2.75) is 6.54 Å². The molecule has 3 rings (SSSR count). The van der Waals surface area contributed by atoms with Crippen LogP contribution < -0.4 is 10.2 Å². The second kappa shape index (κ2) is 8.96. The fraction of sp³-hybridized carbons (Fsp3) is 0.105. The Balaban J connectivity index is 1.65. The van der Waals surface area contributed by atoms with Gasteiger partial charge >= 0.3 is 0 Å². The first-order valence-corrected chi connectivity index (χ1v) is 9.58. The zero-order valence-corrected chi connectivity index (χ0v) is 17.6. The Morgan fingerprint density at radius 1 is 1.26 bits per heavy atom. The second-order valence-electron chi connectivity index (χ2n) is 5.63. The number of methoxy groups -OCH3 is 1. The summed E-state index contributed by atoms with van der Waals surface area (Å²) in [5, 5.41) is 8.31. The molecule has 1 aromatic heterocycles. The van der Waals surface area contributed by atoms with Crippen LogP contribution in [0.2, 0.25) is 0 Å². The molecule has 1 N–H and O–H groups in total. The van der Waals surface area contributed by atoms with Crippen molar-refractivity contribution in [3.8, 4) is 5.75 Å². The lowest BCUT2D eigenvalue weighted by molar-refractivity contribution is 0.0948. The second-order valence-corrected chi connectivity index (χ2v) is 7.40. The van der Waals surface area contributed by atoms with Gasteiger partial charge in [0.05, 0.1) is 24.3 Å². The van der Waals surface area contributed by atoms with Gasteiger partial charge in [0.2, 0.25) is 0 Å². The Labute approximate surface area is 173 Å². The van der Waals surface area contributed by atoms with Gasteiger partial charge in [0, 0.05) is 10.7 Å². The number of rotatable bonds is 6. The monoisotopic (exact) mass is 490 g/mol. The van der Waals surface area contributed by atoms with Crippen molar-refractivity contribution < 1.29 is 9.53 Å². The summed E-state index contributed by atoms with van der Waals surface area (Å²) in [5.74, 6) is 0.329. The topological polar surface area (TPSA) is 68.5 Å². The Morgan fingerprint density at radius 3 is 2.78 bits per heavy atom. The lowest BCUT2D eigenvalue weighted by Crippen LogP contribution is -2.19. The summed E-state index contributed by atoms with van der Waals surface area (Å²) in [6, 6.07) is 15.3. The number of halogens is 2. The highest BCUT2D eigenvalue weighted by Gasteiger charge is 2.14. The fourth-order valence-electron chi connectivity index (χ4n) is 2.35. The summed E-state index contributed by atoms with van der Waals surface area (Å²) in [7, 11) is 1.60. The molecule has 27 heavy (non-hydrogen) atoms. The van der Waals surface area contributed by atoms with Gasteiger partial charge in [-0.3, -0.25) is 9.48 Å². The van der Waals surface area contributed by atoms with Crippen LogP contribution in [0.3, 0.4) is 0 Å². The van der Waals surface area contributed by atoms with Gasteiger partial charge in [0.25, 0.3) is 5.91 Å². The molecule has 0 atom stereocenters. The SMILES string of the molecule is COc1cccc(/C=N\NC(=O)c2nn(Cc3ccc(Br)cc3)cc2Br)c1. The van der Waals surface area contributed by atoms with Crippen LogP contribution in [0, 0.1) is 0 Å². The van der Waals surface area contributed by atoms with Crippen LogP contribution in [-0.4, -0.2) is 29.0 Å². The van der Waals surface area contributed by atoms with Crippen molar-refractivity contribution in [2.24, 2.45) is 5.10 Å². The van der Waals surface area contributed by atoms with E-state index < -0.39 is 5.91 Å². The molecule has 0 fully saturated rings. The van der Waals surface area contributed by atoms with Gasteiger partial charge in [0.1, 0.15) is 5.75 Å². The molecule has 3 aromatic rings. The molecule has 1 heterocycles. The lowest BCUT2D eigenvalue weighted by atomic mass is 10.2. The number of ether oxygens (including phenoxy) is 1. The number of benzene rings is 2. The van der Waals surface area contributed by atoms with Gasteiger partial charge in [-0.2, -0.15) is 10.2 Å². The zero-order valence-electron chi connectivity index (χ0n) is 14.4. The Hall–Kier alpha value is -2.45. The summed E-state index contributed by atoms with van der Waals surface area (Å²) in [6.07, 6.45) is 3.32. The molecule has 0 aliphatic heterocycles. The molecule has 6 nitrogen and oxygen atoms in total. The number of hydrogen-bond donors (Lipinski definition) is 1. The Morgan fingerprint density at radius 2 is 2.04 bits per heavy atom. The predicted molar refractivity (Wildman–Crippen MR) is 111 cm³/mol. The number of carbonyl (C=O) groups excluding carboxylic acids is 1. The molecule has 0 aliphatic carbocycles. The molecule has 2 aromatic carbocycles. The highest BCUT2D eigenvalue weighted by atomic mass is 79.9. The number of hydrazone groups is 1. The third-order valence-electron chi connectivity index (χ3n) is 3.66. The summed E-state index contributed by atoms with van der Waals surface area (Å²) < 4.78 is 8.48. The zero-order chi connectivity index (χ0) is 19.2. The smallest absolute Gasteiger partial charge is 0.293 e. The van der Waals surface area contributed by atoms with Crippen LogP contribution in [0.5, 0.6) is 5.75 Å². The van der Waals surface area contributed by atoms with Crippen molar-refractivity contribution in [1.29, 1.82) is 0 Å². The van der Waals surface area contributed by atoms with Gasteiger partial charge in [0.15, 0.2) is 5.69 Å². The number of nitrogens with one attached hydrogen (secondary N) is 1. The first-order chi connectivity index (χ1) is 13.0. The average molecular weight is 492 g/mol. The molecule has 0 radical (unpaired) electrons. The normalized spacial score (nSPS) is 10.9. The largest absolute Gasteiger partial charge is 0.497 e. The van der Waals surface area contributed by atoms with Crippen LogP contribution >= 0.6 is 31.9 Å². The molecule has 0 spiro atoms. The Kier molecular flexibility index (Phi) is 6.41. The highest BCUT2D eigenvalue weighted by molar-refractivity contribution is 9.10. The summed E-state index contributed by atoms with van der Waals surface area (Å²) in [5.41, 5.74) is 4.66. The van der Waals surface area contributed by atoms with Crippen LogP contribution in [0.4, 0.5) is 0 Å². The van der Waals surface area contributed by atoms with Gasteiger partial charge in [-0.05, 0) is 51.3 Å². The first-order valence-electron chi connectivity index (χ1n) is 8.00. The quantitative estimate of drug-likeness (QED) is 0.414. The number of hydrogen-bond acceptors (Lipinski definition) is 4. The van der Waals surface area contributed by atoms with E-state index in [0.29, 0.717) is 11.0 Å². The lowest BCUT2D eigenvalue weighted by Gasteiger charge is -2.02. The molecular weight excluding hydrogens is 476 g/mol. The molecule has 0 saturated carbocycles. The first kappa shape index (κ1) is 19.3. The minimum absolute atomic E-state index is 0.273. The molecule has 138 valence electrons. The predicted octanol–water partition coefficient (Wildman–Crippen LogP) is 4.23.